The molecule has 1 aliphatic carbocycles. The highest BCUT2D eigenvalue weighted by molar-refractivity contribution is 4.97. The van der Waals surface area contributed by atoms with Crippen LogP contribution in [0.1, 0.15) is 46.0 Å². The van der Waals surface area contributed by atoms with Crippen LogP contribution < -0.4 is 5.32 Å². The van der Waals surface area contributed by atoms with Crippen LogP contribution >= 0.6 is 0 Å². The molecule has 0 radical (unpaired) electrons. The first-order valence-electron chi connectivity index (χ1n) is 7.28. The lowest BCUT2D eigenvalue weighted by atomic mass is 9.82. The van der Waals surface area contributed by atoms with Gasteiger partial charge in [-0.05, 0) is 32.6 Å². The minimum atomic E-state index is 0.659. The Morgan fingerprint density at radius 1 is 1.29 bits per heavy atom. The highest BCUT2D eigenvalue weighted by atomic mass is 15.2. The Hall–Kier alpha value is -0.340. The van der Waals surface area contributed by atoms with Gasteiger partial charge in [0.15, 0.2) is 0 Å². The lowest BCUT2D eigenvalue weighted by Crippen LogP contribution is -2.58. The summed E-state index contributed by atoms with van der Waals surface area (Å²) in [6, 6.07) is 1.39. The molecule has 2 unspecified atom stereocenters. The molecule has 1 aliphatic heterocycles. The molecule has 0 bridgehead atoms. The zero-order chi connectivity index (χ0) is 12.3. The Balaban J connectivity index is 1.89. The third kappa shape index (κ3) is 3.56. The lowest BCUT2D eigenvalue weighted by molar-refractivity contribution is 0.113. The van der Waals surface area contributed by atoms with E-state index in [1.54, 1.807) is 0 Å². The number of hydrogen-bond acceptors (Lipinski definition) is 2. The topological polar surface area (TPSA) is 15.3 Å². The van der Waals surface area contributed by atoms with Crippen molar-refractivity contribution in [1.29, 1.82) is 0 Å². The number of piperazine rings is 1. The molecule has 2 fully saturated rings. The van der Waals surface area contributed by atoms with Crippen LogP contribution in [0, 0.1) is 5.92 Å². The van der Waals surface area contributed by atoms with Gasteiger partial charge in [-0.2, -0.15) is 0 Å². The second kappa shape index (κ2) is 6.01. The monoisotopic (exact) mass is 236 g/mol. The van der Waals surface area contributed by atoms with E-state index in [2.05, 4.69) is 30.6 Å². The molecule has 98 valence electrons. The van der Waals surface area contributed by atoms with Gasteiger partial charge in [0, 0.05) is 31.7 Å². The SMILES string of the molecule is C=C(C)CN1CC(C2CCCCC2)NCC1C. The molecule has 17 heavy (non-hydrogen) atoms. The maximum atomic E-state index is 4.06. The Kier molecular flexibility index (Phi) is 4.63. The van der Waals surface area contributed by atoms with Gasteiger partial charge in [-0.25, -0.2) is 0 Å². The first kappa shape index (κ1) is 13.1. The maximum Gasteiger partial charge on any atom is 0.0224 e. The van der Waals surface area contributed by atoms with E-state index in [1.165, 1.54) is 44.2 Å². The van der Waals surface area contributed by atoms with Crippen molar-refractivity contribution in [1.82, 2.24) is 10.2 Å². The molecule has 1 saturated heterocycles. The van der Waals surface area contributed by atoms with E-state index in [0.29, 0.717) is 6.04 Å². The summed E-state index contributed by atoms with van der Waals surface area (Å²) in [5, 5.41) is 3.77. The Labute approximate surface area is 106 Å². The van der Waals surface area contributed by atoms with Crippen LogP contribution in [0.2, 0.25) is 0 Å². The number of rotatable bonds is 3. The van der Waals surface area contributed by atoms with Crippen molar-refractivity contribution in [2.75, 3.05) is 19.6 Å². The molecule has 2 heteroatoms. The van der Waals surface area contributed by atoms with Crippen molar-refractivity contribution in [2.45, 2.75) is 58.0 Å². The summed E-state index contributed by atoms with van der Waals surface area (Å²) < 4.78 is 0. The Bertz CT molecular complexity index is 256. The molecule has 2 aliphatic rings. The molecule has 0 amide bonds. The van der Waals surface area contributed by atoms with Gasteiger partial charge in [0.1, 0.15) is 0 Å². The second-order valence-corrected chi connectivity index (χ2v) is 6.15. The number of hydrogen-bond donors (Lipinski definition) is 1. The standard InChI is InChI=1S/C15H28N2/c1-12(2)10-17-11-15(16-9-13(17)3)14-7-5-4-6-8-14/h13-16H,1,4-11H2,2-3H3. The molecule has 1 N–H and O–H groups in total. The van der Waals surface area contributed by atoms with E-state index < -0.39 is 0 Å². The van der Waals surface area contributed by atoms with Crippen molar-refractivity contribution in [3.8, 4) is 0 Å². The molecular formula is C15H28N2. The minimum absolute atomic E-state index is 0.659. The quantitative estimate of drug-likeness (QED) is 0.758. The summed E-state index contributed by atoms with van der Waals surface area (Å²) in [6.45, 7) is 12.0. The molecule has 0 aromatic carbocycles. The molecule has 1 heterocycles. The van der Waals surface area contributed by atoms with Crippen molar-refractivity contribution < 1.29 is 0 Å². The number of nitrogens with one attached hydrogen (secondary N) is 1. The molecule has 2 rings (SSSR count). The normalized spacial score (nSPS) is 32.6. The van der Waals surface area contributed by atoms with Gasteiger partial charge >= 0.3 is 0 Å². The fourth-order valence-corrected chi connectivity index (χ4v) is 3.37. The van der Waals surface area contributed by atoms with Gasteiger partial charge in [0.2, 0.25) is 0 Å². The molecular weight excluding hydrogens is 208 g/mol. The Morgan fingerprint density at radius 3 is 2.65 bits per heavy atom. The highest BCUT2D eigenvalue weighted by Crippen LogP contribution is 2.28. The van der Waals surface area contributed by atoms with Gasteiger partial charge in [0.05, 0.1) is 0 Å². The largest absolute Gasteiger partial charge is 0.311 e. The smallest absolute Gasteiger partial charge is 0.0224 e. The molecule has 2 nitrogen and oxygen atoms in total. The van der Waals surface area contributed by atoms with Crippen molar-refractivity contribution in [2.24, 2.45) is 5.92 Å². The van der Waals surface area contributed by atoms with Crippen LogP contribution in [0.5, 0.6) is 0 Å². The van der Waals surface area contributed by atoms with Crippen molar-refractivity contribution in [3.05, 3.63) is 12.2 Å². The number of nitrogens with zero attached hydrogens (tertiary/aromatic N) is 1. The van der Waals surface area contributed by atoms with Crippen LogP contribution in [-0.4, -0.2) is 36.6 Å². The molecule has 0 spiro atoms. The fraction of sp³-hybridized carbons (Fsp3) is 0.867. The van der Waals surface area contributed by atoms with E-state index in [-0.39, 0.29) is 0 Å². The van der Waals surface area contributed by atoms with Gasteiger partial charge in [0.25, 0.3) is 0 Å². The van der Waals surface area contributed by atoms with Crippen LogP contribution in [0.15, 0.2) is 12.2 Å². The van der Waals surface area contributed by atoms with Crippen LogP contribution in [0.25, 0.3) is 0 Å². The van der Waals surface area contributed by atoms with E-state index in [4.69, 9.17) is 0 Å². The summed E-state index contributed by atoms with van der Waals surface area (Å²) in [6.07, 6.45) is 7.22. The maximum absolute atomic E-state index is 4.06. The molecule has 1 saturated carbocycles. The van der Waals surface area contributed by atoms with Gasteiger partial charge < -0.3 is 5.32 Å². The van der Waals surface area contributed by atoms with Crippen molar-refractivity contribution >= 4 is 0 Å². The third-order valence-corrected chi connectivity index (χ3v) is 4.42. The van der Waals surface area contributed by atoms with E-state index in [9.17, 15) is 0 Å². The first-order chi connectivity index (χ1) is 8.16. The van der Waals surface area contributed by atoms with Gasteiger partial charge in [-0.1, -0.05) is 31.4 Å². The fourth-order valence-electron chi connectivity index (χ4n) is 3.37. The highest BCUT2D eigenvalue weighted by Gasteiger charge is 2.30. The molecule has 0 aromatic rings. The summed E-state index contributed by atoms with van der Waals surface area (Å²) in [5.41, 5.74) is 1.29. The lowest BCUT2D eigenvalue weighted by Gasteiger charge is -2.43. The Morgan fingerprint density at radius 2 is 2.00 bits per heavy atom. The minimum Gasteiger partial charge on any atom is -0.311 e. The van der Waals surface area contributed by atoms with E-state index in [0.717, 1.165) is 25.0 Å². The van der Waals surface area contributed by atoms with E-state index in [1.807, 2.05) is 0 Å². The average Bonchev–Trinajstić information content (AvgIpc) is 2.32. The third-order valence-electron chi connectivity index (χ3n) is 4.42. The van der Waals surface area contributed by atoms with Crippen LogP contribution in [0.3, 0.4) is 0 Å². The zero-order valence-corrected chi connectivity index (χ0v) is 11.5. The first-order valence-corrected chi connectivity index (χ1v) is 7.28. The van der Waals surface area contributed by atoms with E-state index >= 15 is 0 Å². The molecule has 2 atom stereocenters. The summed E-state index contributed by atoms with van der Waals surface area (Å²) >= 11 is 0. The summed E-state index contributed by atoms with van der Waals surface area (Å²) in [5.74, 6) is 0.920. The van der Waals surface area contributed by atoms with Gasteiger partial charge in [-0.15, -0.1) is 0 Å². The van der Waals surface area contributed by atoms with Crippen molar-refractivity contribution in [3.63, 3.8) is 0 Å². The predicted octanol–water partition coefficient (Wildman–Crippen LogP) is 2.81. The van der Waals surface area contributed by atoms with Gasteiger partial charge in [-0.3, -0.25) is 4.90 Å². The summed E-state index contributed by atoms with van der Waals surface area (Å²) in [7, 11) is 0. The van der Waals surface area contributed by atoms with Crippen LogP contribution in [0.4, 0.5) is 0 Å². The summed E-state index contributed by atoms with van der Waals surface area (Å²) in [4.78, 5) is 2.61. The zero-order valence-electron chi connectivity index (χ0n) is 11.5. The average molecular weight is 236 g/mol. The van der Waals surface area contributed by atoms with Crippen LogP contribution in [-0.2, 0) is 0 Å². The molecule has 0 aromatic heterocycles. The predicted molar refractivity (Wildman–Crippen MR) is 74.2 cm³/mol. The second-order valence-electron chi connectivity index (χ2n) is 6.15.